The number of rotatable bonds is 12. The van der Waals surface area contributed by atoms with Gasteiger partial charge in [0, 0.05) is 6.61 Å². The number of carbonyl (C=O) groups is 3. The van der Waals surface area contributed by atoms with Crippen molar-refractivity contribution in [3.8, 4) is 0 Å². The number of nitrogens with two attached hydrogens (primary N) is 1. The predicted molar refractivity (Wildman–Crippen MR) is 136 cm³/mol. The minimum atomic E-state index is -1.06. The third-order valence-electron chi connectivity index (χ3n) is 4.43. The molecule has 0 aromatic carbocycles. The molecule has 0 heterocycles. The summed E-state index contributed by atoms with van der Waals surface area (Å²) < 4.78 is 4.92. The number of aliphatic hydroxyl groups is 1. The molecule has 0 saturated carbocycles. The van der Waals surface area contributed by atoms with Gasteiger partial charge in [-0.3, -0.25) is 4.79 Å². The minimum Gasteiger partial charge on any atom is -0.480 e. The quantitative estimate of drug-likeness (QED) is 0.200. The van der Waals surface area contributed by atoms with Gasteiger partial charge in [-0.1, -0.05) is 53.7 Å². The van der Waals surface area contributed by atoms with E-state index in [1.54, 1.807) is 47.6 Å². The minimum absolute atomic E-state index is 0.288. The van der Waals surface area contributed by atoms with Crippen LogP contribution in [0.1, 0.15) is 80.1 Å². The molecule has 0 unspecified atom stereocenters. The first kappa shape index (κ1) is 36.2. The zero-order valence-corrected chi connectivity index (χ0v) is 21.9. The maximum atomic E-state index is 11.4. The average molecular weight is 489 g/mol. The second-order valence-corrected chi connectivity index (χ2v) is 9.89. The lowest BCUT2D eigenvalue weighted by molar-refractivity contribution is -0.142. The number of carboxylic acids is 2. The van der Waals surface area contributed by atoms with E-state index < -0.39 is 35.5 Å². The standard InChI is InChI=1S/C13H23NO4.C6H13NO2.C6H12O/c1-5-6-7-8-9-18-12(17)14-10(11(15)16)13(2,3)4;1-6(2,3)4(7)5(8)9;1-2-3-4-5-6-7/h5,10H,1,6-9H2,2-4H3,(H,14,17)(H,15,16);4H,7H2,1-3H3,(H,8,9);2,7H,1,3-6H2/t10-;4-;/m11./s1. The summed E-state index contributed by atoms with van der Waals surface area (Å²) in [6.07, 6.45) is 8.52. The van der Waals surface area contributed by atoms with E-state index in [9.17, 15) is 14.4 Å². The Morgan fingerprint density at radius 3 is 1.65 bits per heavy atom. The second kappa shape index (κ2) is 20.0. The van der Waals surface area contributed by atoms with Crippen molar-refractivity contribution < 1.29 is 34.4 Å². The van der Waals surface area contributed by atoms with E-state index in [0.717, 1.165) is 38.5 Å². The number of carbonyl (C=O) groups excluding carboxylic acids is 1. The van der Waals surface area contributed by atoms with Crippen molar-refractivity contribution in [3.63, 3.8) is 0 Å². The number of alkyl carbamates (subject to hydrolysis) is 1. The van der Waals surface area contributed by atoms with Gasteiger partial charge in [0.05, 0.1) is 6.61 Å². The van der Waals surface area contributed by atoms with Crippen molar-refractivity contribution in [3.05, 3.63) is 25.3 Å². The zero-order chi connectivity index (χ0) is 27.4. The molecule has 0 aromatic rings. The molecule has 0 aromatic heterocycles. The van der Waals surface area contributed by atoms with E-state index in [2.05, 4.69) is 18.5 Å². The maximum Gasteiger partial charge on any atom is 0.407 e. The van der Waals surface area contributed by atoms with Crippen molar-refractivity contribution in [2.45, 2.75) is 92.2 Å². The van der Waals surface area contributed by atoms with Crippen molar-refractivity contribution in [2.24, 2.45) is 16.6 Å². The average Bonchev–Trinajstić information content (AvgIpc) is 2.71. The number of amides is 1. The van der Waals surface area contributed by atoms with Gasteiger partial charge in [-0.05, 0) is 49.4 Å². The number of hydrogen-bond donors (Lipinski definition) is 5. The van der Waals surface area contributed by atoms with Gasteiger partial charge >= 0.3 is 18.0 Å². The van der Waals surface area contributed by atoms with Crippen LogP contribution in [0.5, 0.6) is 0 Å². The third kappa shape index (κ3) is 22.8. The highest BCUT2D eigenvalue weighted by Crippen LogP contribution is 2.19. The summed E-state index contributed by atoms with van der Waals surface area (Å²) in [5, 5.41) is 28.0. The Labute approximate surface area is 205 Å². The molecule has 0 rings (SSSR count). The van der Waals surface area contributed by atoms with Crippen LogP contribution in [-0.2, 0) is 14.3 Å². The van der Waals surface area contributed by atoms with Gasteiger partial charge in [0.25, 0.3) is 0 Å². The number of unbranched alkanes of at least 4 members (excludes halogenated alkanes) is 4. The molecule has 9 heteroatoms. The van der Waals surface area contributed by atoms with Gasteiger partial charge in [-0.15, -0.1) is 13.2 Å². The van der Waals surface area contributed by atoms with Crippen LogP contribution in [0, 0.1) is 10.8 Å². The molecular formula is C25H48N2O7. The summed E-state index contributed by atoms with van der Waals surface area (Å²) in [5.41, 5.74) is 4.39. The van der Waals surface area contributed by atoms with Crippen LogP contribution < -0.4 is 11.1 Å². The first-order valence-electron chi connectivity index (χ1n) is 11.5. The predicted octanol–water partition coefficient (Wildman–Crippen LogP) is 4.35. The molecular weight excluding hydrogens is 440 g/mol. The maximum absolute atomic E-state index is 11.4. The highest BCUT2D eigenvalue weighted by Gasteiger charge is 2.33. The van der Waals surface area contributed by atoms with Crippen molar-refractivity contribution in [2.75, 3.05) is 13.2 Å². The number of ether oxygens (including phenoxy) is 1. The van der Waals surface area contributed by atoms with Crippen LogP contribution >= 0.6 is 0 Å². The number of nitrogens with one attached hydrogen (secondary N) is 1. The Morgan fingerprint density at radius 2 is 1.35 bits per heavy atom. The lowest BCUT2D eigenvalue weighted by Gasteiger charge is -2.27. The summed E-state index contributed by atoms with van der Waals surface area (Å²) in [7, 11) is 0. The summed E-state index contributed by atoms with van der Waals surface area (Å²) >= 11 is 0. The summed E-state index contributed by atoms with van der Waals surface area (Å²) in [6, 6.07) is -1.73. The van der Waals surface area contributed by atoms with Gasteiger partial charge in [-0.25, -0.2) is 9.59 Å². The van der Waals surface area contributed by atoms with E-state index >= 15 is 0 Å². The molecule has 9 nitrogen and oxygen atoms in total. The highest BCUT2D eigenvalue weighted by atomic mass is 16.5. The number of aliphatic carboxylic acids is 2. The smallest absolute Gasteiger partial charge is 0.407 e. The molecule has 34 heavy (non-hydrogen) atoms. The molecule has 0 saturated heterocycles. The number of carboxylic acid groups (broad SMARTS) is 2. The van der Waals surface area contributed by atoms with Crippen LogP contribution in [0.3, 0.4) is 0 Å². The largest absolute Gasteiger partial charge is 0.480 e. The fraction of sp³-hybridized carbons (Fsp3) is 0.720. The van der Waals surface area contributed by atoms with Gasteiger partial charge in [0.2, 0.25) is 0 Å². The molecule has 0 radical (unpaired) electrons. The highest BCUT2D eigenvalue weighted by molar-refractivity contribution is 5.80. The lowest BCUT2D eigenvalue weighted by Crippen LogP contribution is -2.49. The molecule has 0 bridgehead atoms. The molecule has 0 spiro atoms. The molecule has 6 N–H and O–H groups in total. The van der Waals surface area contributed by atoms with Gasteiger partial charge in [-0.2, -0.15) is 0 Å². The second-order valence-electron chi connectivity index (χ2n) is 9.89. The lowest BCUT2D eigenvalue weighted by atomic mass is 9.87. The Kier molecular flexibility index (Phi) is 21.3. The first-order chi connectivity index (χ1) is 15.6. The van der Waals surface area contributed by atoms with Crippen LogP contribution in [0.4, 0.5) is 4.79 Å². The number of aliphatic hydroxyl groups excluding tert-OH is 1. The van der Waals surface area contributed by atoms with Crippen LogP contribution in [0.2, 0.25) is 0 Å². The molecule has 200 valence electrons. The zero-order valence-electron chi connectivity index (χ0n) is 21.9. The van der Waals surface area contributed by atoms with Gasteiger partial charge in [0.15, 0.2) is 0 Å². The van der Waals surface area contributed by atoms with Crippen LogP contribution in [0.15, 0.2) is 25.3 Å². The SMILES string of the molecule is C=CCCCCO.C=CCCCCOC(=O)N[C@H](C(=O)O)C(C)(C)C.CC(C)(C)[C@H](N)C(=O)O. The first-order valence-corrected chi connectivity index (χ1v) is 11.5. The van der Waals surface area contributed by atoms with E-state index in [4.69, 9.17) is 25.8 Å². The van der Waals surface area contributed by atoms with Crippen molar-refractivity contribution in [1.29, 1.82) is 0 Å². The van der Waals surface area contributed by atoms with E-state index in [0.29, 0.717) is 6.61 Å². The van der Waals surface area contributed by atoms with Gasteiger partial charge in [0.1, 0.15) is 12.1 Å². The molecule has 0 fully saturated rings. The molecule has 0 aliphatic heterocycles. The third-order valence-corrected chi connectivity index (χ3v) is 4.43. The monoisotopic (exact) mass is 488 g/mol. The summed E-state index contributed by atoms with van der Waals surface area (Å²) in [6.45, 7) is 18.4. The molecule has 0 aliphatic carbocycles. The van der Waals surface area contributed by atoms with Crippen molar-refractivity contribution in [1.82, 2.24) is 5.32 Å². The number of allylic oxidation sites excluding steroid dienone is 2. The molecule has 0 aliphatic rings. The Hall–Kier alpha value is -2.39. The molecule has 1 amide bonds. The summed E-state index contributed by atoms with van der Waals surface area (Å²) in [5.74, 6) is -2.01. The fourth-order valence-electron chi connectivity index (χ4n) is 2.13. The molecule has 2 atom stereocenters. The topological polar surface area (TPSA) is 159 Å². The normalized spacial score (nSPS) is 12.5. The Balaban J connectivity index is -0.000000497. The van der Waals surface area contributed by atoms with Gasteiger partial charge < -0.3 is 31.1 Å². The van der Waals surface area contributed by atoms with Crippen LogP contribution in [-0.4, -0.2) is 58.6 Å². The van der Waals surface area contributed by atoms with Crippen LogP contribution in [0.25, 0.3) is 0 Å². The van der Waals surface area contributed by atoms with Crippen molar-refractivity contribution >= 4 is 18.0 Å². The van der Waals surface area contributed by atoms with E-state index in [1.807, 2.05) is 6.08 Å². The number of hydrogen-bond acceptors (Lipinski definition) is 6. The van der Waals surface area contributed by atoms with E-state index in [-0.39, 0.29) is 12.0 Å². The van der Waals surface area contributed by atoms with E-state index in [1.165, 1.54) is 0 Å². The Bertz CT molecular complexity index is 593. The summed E-state index contributed by atoms with van der Waals surface area (Å²) in [4.78, 5) is 32.7. The fourth-order valence-corrected chi connectivity index (χ4v) is 2.13. The Morgan fingerprint density at radius 1 is 0.882 bits per heavy atom.